The molecule has 0 saturated heterocycles. The Hall–Kier alpha value is -3.02. The number of hydrogen-bond donors (Lipinski definition) is 2. The Morgan fingerprint density at radius 3 is 2.38 bits per heavy atom. The zero-order valence-corrected chi connectivity index (χ0v) is 15.5. The molecule has 3 N–H and O–H groups in total. The van der Waals surface area contributed by atoms with Crippen LogP contribution in [0.1, 0.15) is 36.7 Å². The van der Waals surface area contributed by atoms with E-state index in [2.05, 4.69) is 26.1 Å². The van der Waals surface area contributed by atoms with Gasteiger partial charge in [0.1, 0.15) is 11.5 Å². The molecule has 0 atom stereocenters. The predicted molar refractivity (Wildman–Crippen MR) is 101 cm³/mol. The number of hydrogen-bond acceptors (Lipinski definition) is 4. The lowest BCUT2D eigenvalue weighted by molar-refractivity contribution is -0.118. The second-order valence-electron chi connectivity index (χ2n) is 6.86. The quantitative estimate of drug-likeness (QED) is 0.832. The van der Waals surface area contributed by atoms with Crippen LogP contribution in [0.5, 0.6) is 11.5 Å². The molecule has 6 heteroatoms. The molecule has 6 nitrogen and oxygen atoms in total. The van der Waals surface area contributed by atoms with E-state index in [0.29, 0.717) is 17.2 Å². The van der Waals surface area contributed by atoms with Crippen molar-refractivity contribution in [1.29, 1.82) is 0 Å². The van der Waals surface area contributed by atoms with Crippen LogP contribution in [-0.2, 0) is 10.2 Å². The molecule has 26 heavy (non-hydrogen) atoms. The minimum absolute atomic E-state index is 0.105. The molecule has 2 amide bonds. The molecule has 0 radical (unpaired) electrons. The summed E-state index contributed by atoms with van der Waals surface area (Å²) in [6, 6.07) is 12.2. The smallest absolute Gasteiger partial charge is 0.262 e. The van der Waals surface area contributed by atoms with Crippen LogP contribution in [0.2, 0.25) is 0 Å². The highest BCUT2D eigenvalue weighted by Gasteiger charge is 2.19. The number of benzene rings is 2. The van der Waals surface area contributed by atoms with Crippen molar-refractivity contribution in [3.8, 4) is 11.5 Å². The monoisotopic (exact) mass is 356 g/mol. The van der Waals surface area contributed by atoms with Crippen LogP contribution in [0, 0.1) is 0 Å². The number of ether oxygens (including phenoxy) is 2. The maximum absolute atomic E-state index is 12.3. The number of methoxy groups -OCH3 is 1. The standard InChI is InChI=1S/C20H24N2O4/c1-20(2,3)14-7-5-6-8-16(14)26-12-18(23)22-15-11-13(19(21)24)9-10-17(15)25-4/h5-11H,12H2,1-4H3,(H2,21,24)(H,22,23). The van der Waals surface area contributed by atoms with Crippen LogP contribution in [0.25, 0.3) is 0 Å². The van der Waals surface area contributed by atoms with Gasteiger partial charge in [0.25, 0.3) is 5.91 Å². The molecular weight excluding hydrogens is 332 g/mol. The molecule has 0 aliphatic rings. The molecule has 0 aromatic heterocycles. The van der Waals surface area contributed by atoms with Crippen molar-refractivity contribution in [2.45, 2.75) is 26.2 Å². The highest BCUT2D eigenvalue weighted by Crippen LogP contribution is 2.31. The van der Waals surface area contributed by atoms with Gasteiger partial charge in [-0.25, -0.2) is 0 Å². The van der Waals surface area contributed by atoms with Gasteiger partial charge in [0, 0.05) is 5.56 Å². The summed E-state index contributed by atoms with van der Waals surface area (Å²) in [5, 5.41) is 2.69. The second kappa shape index (κ2) is 7.91. The molecule has 0 unspecified atom stereocenters. The van der Waals surface area contributed by atoms with Crippen LogP contribution in [0.3, 0.4) is 0 Å². The van der Waals surface area contributed by atoms with Gasteiger partial charge in [0.15, 0.2) is 6.61 Å². The van der Waals surface area contributed by atoms with Gasteiger partial charge in [-0.2, -0.15) is 0 Å². The summed E-state index contributed by atoms with van der Waals surface area (Å²) in [6.07, 6.45) is 0. The summed E-state index contributed by atoms with van der Waals surface area (Å²) in [5.74, 6) is 0.138. The molecule has 0 fully saturated rings. The van der Waals surface area contributed by atoms with Gasteiger partial charge < -0.3 is 20.5 Å². The van der Waals surface area contributed by atoms with Crippen molar-refractivity contribution in [2.24, 2.45) is 5.73 Å². The van der Waals surface area contributed by atoms with Gasteiger partial charge in [-0.05, 0) is 35.2 Å². The number of amides is 2. The van der Waals surface area contributed by atoms with Crippen molar-refractivity contribution in [3.05, 3.63) is 53.6 Å². The lowest BCUT2D eigenvalue weighted by Gasteiger charge is -2.22. The minimum atomic E-state index is -0.585. The van der Waals surface area contributed by atoms with E-state index in [1.165, 1.54) is 19.2 Å². The number of carbonyl (C=O) groups is 2. The van der Waals surface area contributed by atoms with Crippen LogP contribution in [0.4, 0.5) is 5.69 Å². The van der Waals surface area contributed by atoms with E-state index in [1.54, 1.807) is 6.07 Å². The molecule has 0 heterocycles. The van der Waals surface area contributed by atoms with Crippen LogP contribution in [-0.4, -0.2) is 25.5 Å². The van der Waals surface area contributed by atoms with E-state index in [9.17, 15) is 9.59 Å². The first-order chi connectivity index (χ1) is 12.2. The fraction of sp³-hybridized carbons (Fsp3) is 0.300. The van der Waals surface area contributed by atoms with Crippen molar-refractivity contribution in [1.82, 2.24) is 0 Å². The van der Waals surface area contributed by atoms with E-state index >= 15 is 0 Å². The maximum Gasteiger partial charge on any atom is 0.262 e. The Morgan fingerprint density at radius 1 is 1.08 bits per heavy atom. The van der Waals surface area contributed by atoms with Crippen LogP contribution < -0.4 is 20.5 Å². The number of nitrogens with two attached hydrogens (primary N) is 1. The van der Waals surface area contributed by atoms with Gasteiger partial charge in [0.2, 0.25) is 5.91 Å². The molecule has 0 aliphatic carbocycles. The zero-order chi connectivity index (χ0) is 19.3. The summed E-state index contributed by atoms with van der Waals surface area (Å²) in [4.78, 5) is 23.6. The number of rotatable bonds is 6. The van der Waals surface area contributed by atoms with Crippen molar-refractivity contribution in [2.75, 3.05) is 19.0 Å². The van der Waals surface area contributed by atoms with Crippen LogP contribution >= 0.6 is 0 Å². The van der Waals surface area contributed by atoms with Crippen LogP contribution in [0.15, 0.2) is 42.5 Å². The molecule has 0 saturated carbocycles. The molecule has 138 valence electrons. The normalized spacial score (nSPS) is 10.9. The minimum Gasteiger partial charge on any atom is -0.495 e. The van der Waals surface area contributed by atoms with E-state index in [1.807, 2.05) is 24.3 Å². The predicted octanol–water partition coefficient (Wildman–Crippen LogP) is 3.11. The number of nitrogens with one attached hydrogen (secondary N) is 1. The Morgan fingerprint density at radius 2 is 1.77 bits per heavy atom. The number of carbonyl (C=O) groups excluding carboxylic acids is 2. The fourth-order valence-corrected chi connectivity index (χ4v) is 2.50. The SMILES string of the molecule is COc1ccc(C(N)=O)cc1NC(=O)COc1ccccc1C(C)(C)C. The molecule has 2 aromatic carbocycles. The largest absolute Gasteiger partial charge is 0.495 e. The third-order valence-electron chi connectivity index (χ3n) is 3.81. The van der Waals surface area contributed by atoms with E-state index in [-0.39, 0.29) is 23.5 Å². The highest BCUT2D eigenvalue weighted by molar-refractivity contribution is 5.98. The Labute approximate surface area is 153 Å². The third-order valence-corrected chi connectivity index (χ3v) is 3.81. The van der Waals surface area contributed by atoms with Gasteiger partial charge in [-0.3, -0.25) is 9.59 Å². The summed E-state index contributed by atoms with van der Waals surface area (Å²) >= 11 is 0. The summed E-state index contributed by atoms with van der Waals surface area (Å²) in [7, 11) is 1.48. The van der Waals surface area contributed by atoms with E-state index in [0.717, 1.165) is 5.56 Å². The fourth-order valence-electron chi connectivity index (χ4n) is 2.50. The van der Waals surface area contributed by atoms with Crippen molar-refractivity contribution in [3.63, 3.8) is 0 Å². The van der Waals surface area contributed by atoms with E-state index < -0.39 is 5.91 Å². The Kier molecular flexibility index (Phi) is 5.87. The molecular formula is C20H24N2O4. The zero-order valence-electron chi connectivity index (χ0n) is 15.5. The van der Waals surface area contributed by atoms with E-state index in [4.69, 9.17) is 15.2 Å². The molecule has 2 rings (SSSR count). The number of para-hydroxylation sites is 1. The second-order valence-corrected chi connectivity index (χ2v) is 6.86. The average molecular weight is 356 g/mol. The van der Waals surface area contributed by atoms with Crippen molar-refractivity contribution >= 4 is 17.5 Å². The topological polar surface area (TPSA) is 90.6 Å². The van der Waals surface area contributed by atoms with Gasteiger partial charge in [-0.15, -0.1) is 0 Å². The first-order valence-electron chi connectivity index (χ1n) is 8.22. The molecule has 0 bridgehead atoms. The molecule has 0 spiro atoms. The van der Waals surface area contributed by atoms with Gasteiger partial charge >= 0.3 is 0 Å². The summed E-state index contributed by atoms with van der Waals surface area (Å²) in [6.45, 7) is 6.07. The third kappa shape index (κ3) is 4.75. The highest BCUT2D eigenvalue weighted by atomic mass is 16.5. The average Bonchev–Trinajstić information content (AvgIpc) is 2.59. The summed E-state index contributed by atoms with van der Waals surface area (Å²) < 4.78 is 10.9. The number of anilines is 1. The first-order valence-corrected chi connectivity index (χ1v) is 8.22. The van der Waals surface area contributed by atoms with Gasteiger partial charge in [0.05, 0.1) is 12.8 Å². The lowest BCUT2D eigenvalue weighted by Crippen LogP contribution is -2.22. The molecule has 2 aromatic rings. The Balaban J connectivity index is 2.11. The summed E-state index contributed by atoms with van der Waals surface area (Å²) in [5.41, 5.74) is 6.83. The maximum atomic E-state index is 12.3. The first kappa shape index (κ1) is 19.3. The number of primary amides is 1. The molecule has 0 aliphatic heterocycles. The van der Waals surface area contributed by atoms with Crippen molar-refractivity contribution < 1.29 is 19.1 Å². The van der Waals surface area contributed by atoms with Gasteiger partial charge in [-0.1, -0.05) is 39.0 Å². The lowest BCUT2D eigenvalue weighted by atomic mass is 9.86. The Bertz CT molecular complexity index is 810.